The number of rotatable bonds is 17. The number of nitrogens with two attached hydrogens (primary N) is 4. The van der Waals surface area contributed by atoms with Crippen LogP contribution in [0, 0.1) is 0 Å². The van der Waals surface area contributed by atoms with E-state index in [1.165, 1.54) is 19.4 Å². The molecule has 5 unspecified atom stereocenters. The zero-order valence-corrected chi connectivity index (χ0v) is 20.9. The zero-order chi connectivity index (χ0) is 28.8. The molecule has 1 heterocycles. The molecule has 17 nitrogen and oxygen atoms in total. The van der Waals surface area contributed by atoms with Gasteiger partial charge in [-0.25, -0.2) is 9.78 Å². The highest BCUT2D eigenvalue weighted by Gasteiger charge is 2.31. The fourth-order valence-corrected chi connectivity index (χ4v) is 3.17. The third kappa shape index (κ3) is 11.7. The fraction of sp³-hybridized carbons (Fsp3) is 0.571. The Balaban J connectivity index is 3.04. The quantitative estimate of drug-likeness (QED) is 0.0510. The molecule has 0 aliphatic carbocycles. The van der Waals surface area contributed by atoms with Gasteiger partial charge in [-0.15, -0.1) is 0 Å². The second-order valence-electron chi connectivity index (χ2n) is 8.52. The van der Waals surface area contributed by atoms with Crippen molar-refractivity contribution in [2.75, 3.05) is 6.54 Å². The Kier molecular flexibility index (Phi) is 13.2. The molecule has 212 valence electrons. The van der Waals surface area contributed by atoms with E-state index in [9.17, 15) is 34.2 Å². The van der Waals surface area contributed by atoms with Gasteiger partial charge in [-0.1, -0.05) is 0 Å². The number of nitrogens with zero attached hydrogens (tertiary/aromatic N) is 2. The van der Waals surface area contributed by atoms with E-state index < -0.39 is 59.9 Å². The molecule has 0 fully saturated rings. The van der Waals surface area contributed by atoms with Crippen LogP contribution in [0.3, 0.4) is 0 Å². The number of hydrogen-bond donors (Lipinski definition) is 10. The highest BCUT2D eigenvalue weighted by atomic mass is 16.4. The van der Waals surface area contributed by atoms with Crippen molar-refractivity contribution in [2.24, 2.45) is 27.9 Å². The van der Waals surface area contributed by atoms with Crippen molar-refractivity contribution in [3.63, 3.8) is 0 Å². The van der Waals surface area contributed by atoms with Crippen LogP contribution in [0.15, 0.2) is 17.5 Å². The standard InChI is InChI=1S/C21H36N10O7/c1-10(32)16(23)19(36)31-14(7-11-8-26-9-28-11)18(35)29-12(4-5-15(22)33)17(34)30-13(20(37)38)3-2-6-27-21(24)25/h8-10,12-14,16,32H,2-7,23H2,1H3,(H2,22,33)(H,26,28)(H,29,35)(H,30,34)(H,31,36)(H,37,38)(H4,24,25,27). The van der Waals surface area contributed by atoms with E-state index >= 15 is 0 Å². The van der Waals surface area contributed by atoms with Crippen molar-refractivity contribution in [3.8, 4) is 0 Å². The number of aliphatic hydroxyl groups is 1. The minimum atomic E-state index is -1.37. The van der Waals surface area contributed by atoms with Gasteiger partial charge >= 0.3 is 5.97 Å². The average molecular weight is 541 g/mol. The van der Waals surface area contributed by atoms with Gasteiger partial charge in [-0.2, -0.15) is 0 Å². The van der Waals surface area contributed by atoms with Crippen molar-refractivity contribution in [1.82, 2.24) is 25.9 Å². The summed E-state index contributed by atoms with van der Waals surface area (Å²) in [5, 5.41) is 26.3. The Morgan fingerprint density at radius 1 is 1.00 bits per heavy atom. The number of aromatic nitrogens is 2. The summed E-state index contributed by atoms with van der Waals surface area (Å²) < 4.78 is 0. The predicted octanol–water partition coefficient (Wildman–Crippen LogP) is -4.48. The van der Waals surface area contributed by atoms with Crippen molar-refractivity contribution in [2.45, 2.75) is 69.3 Å². The summed E-state index contributed by atoms with van der Waals surface area (Å²) in [5.74, 6) is -4.81. The summed E-state index contributed by atoms with van der Waals surface area (Å²) >= 11 is 0. The average Bonchev–Trinajstić information content (AvgIpc) is 3.34. The second kappa shape index (κ2) is 15.8. The molecular formula is C21H36N10O7. The molecule has 0 bridgehead atoms. The maximum atomic E-state index is 13.1. The fourth-order valence-electron chi connectivity index (χ4n) is 3.17. The predicted molar refractivity (Wildman–Crippen MR) is 134 cm³/mol. The first-order valence-corrected chi connectivity index (χ1v) is 11.7. The molecular weight excluding hydrogens is 504 g/mol. The van der Waals surface area contributed by atoms with Crippen molar-refractivity contribution < 1.29 is 34.2 Å². The lowest BCUT2D eigenvalue weighted by atomic mass is 10.1. The van der Waals surface area contributed by atoms with Crippen LogP contribution < -0.4 is 38.9 Å². The van der Waals surface area contributed by atoms with Crippen molar-refractivity contribution in [3.05, 3.63) is 18.2 Å². The number of aromatic amines is 1. The minimum Gasteiger partial charge on any atom is -0.480 e. The highest BCUT2D eigenvalue weighted by Crippen LogP contribution is 2.06. The van der Waals surface area contributed by atoms with E-state index in [0.717, 1.165) is 0 Å². The smallest absolute Gasteiger partial charge is 0.326 e. The summed E-state index contributed by atoms with van der Waals surface area (Å²) in [6.07, 6.45) is 1.14. The Hall–Kier alpha value is -4.25. The van der Waals surface area contributed by atoms with Crippen LogP contribution in [0.5, 0.6) is 0 Å². The van der Waals surface area contributed by atoms with E-state index in [4.69, 9.17) is 22.9 Å². The van der Waals surface area contributed by atoms with E-state index in [0.29, 0.717) is 5.69 Å². The second-order valence-corrected chi connectivity index (χ2v) is 8.52. The van der Waals surface area contributed by atoms with Gasteiger partial charge in [0.1, 0.15) is 24.2 Å². The van der Waals surface area contributed by atoms with Gasteiger partial charge in [0.15, 0.2) is 5.96 Å². The van der Waals surface area contributed by atoms with Crippen LogP contribution in [0.2, 0.25) is 0 Å². The van der Waals surface area contributed by atoms with Crippen LogP contribution in [0.25, 0.3) is 0 Å². The summed E-state index contributed by atoms with van der Waals surface area (Å²) in [4.78, 5) is 71.9. The van der Waals surface area contributed by atoms with Crippen LogP contribution in [-0.2, 0) is 30.4 Å². The number of guanidine groups is 1. The van der Waals surface area contributed by atoms with Crippen LogP contribution in [0.1, 0.15) is 38.3 Å². The lowest BCUT2D eigenvalue weighted by Crippen LogP contribution is -2.58. The molecule has 0 aliphatic rings. The topological polar surface area (TPSA) is 307 Å². The number of primary amides is 1. The van der Waals surface area contributed by atoms with Gasteiger partial charge in [-0.05, 0) is 26.2 Å². The minimum absolute atomic E-state index is 0.0237. The number of amides is 4. The molecule has 4 amide bonds. The van der Waals surface area contributed by atoms with Gasteiger partial charge in [0.25, 0.3) is 0 Å². The SMILES string of the molecule is CC(O)C(N)C(=O)NC(Cc1cnc[nH]1)C(=O)NC(CCC(N)=O)C(=O)NC(CCCN=C(N)N)C(=O)O. The lowest BCUT2D eigenvalue weighted by molar-refractivity contribution is -0.142. The molecule has 1 aromatic rings. The summed E-state index contributed by atoms with van der Waals surface area (Å²) in [7, 11) is 0. The van der Waals surface area contributed by atoms with Gasteiger partial charge in [0.05, 0.1) is 12.4 Å². The molecule has 0 aromatic carbocycles. The number of imidazole rings is 1. The van der Waals surface area contributed by atoms with Gasteiger partial charge in [0, 0.05) is 31.3 Å². The number of carboxylic acids is 1. The van der Waals surface area contributed by atoms with Gasteiger partial charge in [0.2, 0.25) is 23.6 Å². The number of aliphatic imine (C=N–C) groups is 1. The van der Waals surface area contributed by atoms with Crippen LogP contribution in [0.4, 0.5) is 0 Å². The first-order valence-electron chi connectivity index (χ1n) is 11.7. The van der Waals surface area contributed by atoms with Crippen LogP contribution in [-0.4, -0.2) is 92.6 Å². The summed E-state index contributed by atoms with van der Waals surface area (Å²) in [5.41, 5.74) is 21.8. The number of aliphatic hydroxyl groups excluding tert-OH is 1. The first kappa shape index (κ1) is 31.8. The van der Waals surface area contributed by atoms with E-state index in [1.807, 2.05) is 0 Å². The molecule has 0 aliphatic heterocycles. The summed E-state index contributed by atoms with van der Waals surface area (Å²) in [6.45, 7) is 1.43. The number of aliphatic carboxylic acids is 1. The molecule has 0 spiro atoms. The monoisotopic (exact) mass is 540 g/mol. The van der Waals surface area contributed by atoms with E-state index in [2.05, 4.69) is 30.9 Å². The molecule has 17 heteroatoms. The van der Waals surface area contributed by atoms with Crippen molar-refractivity contribution in [1.29, 1.82) is 0 Å². The molecule has 0 saturated heterocycles. The number of nitrogens with one attached hydrogen (secondary N) is 4. The Morgan fingerprint density at radius 2 is 1.61 bits per heavy atom. The zero-order valence-electron chi connectivity index (χ0n) is 20.9. The molecule has 14 N–H and O–H groups in total. The number of carbonyl (C=O) groups is 5. The Labute approximate surface area is 218 Å². The molecule has 1 rings (SSSR count). The lowest BCUT2D eigenvalue weighted by Gasteiger charge is -2.25. The van der Waals surface area contributed by atoms with Crippen LogP contribution >= 0.6 is 0 Å². The number of carbonyl (C=O) groups excluding carboxylic acids is 4. The highest BCUT2D eigenvalue weighted by molar-refractivity contribution is 5.94. The van der Waals surface area contributed by atoms with E-state index in [1.54, 1.807) is 0 Å². The first-order chi connectivity index (χ1) is 17.8. The van der Waals surface area contributed by atoms with Gasteiger partial charge in [-0.3, -0.25) is 24.2 Å². The van der Waals surface area contributed by atoms with Crippen molar-refractivity contribution >= 4 is 35.6 Å². The molecule has 1 aromatic heterocycles. The normalized spacial score (nSPS) is 14.7. The maximum absolute atomic E-state index is 13.1. The summed E-state index contributed by atoms with van der Waals surface area (Å²) in [6, 6.07) is -5.32. The molecule has 0 radical (unpaired) electrons. The van der Waals surface area contributed by atoms with Gasteiger partial charge < -0.3 is 54.1 Å². The molecule has 38 heavy (non-hydrogen) atoms. The molecule has 5 atom stereocenters. The number of H-pyrrole nitrogens is 1. The maximum Gasteiger partial charge on any atom is 0.326 e. The number of carboxylic acid groups (broad SMARTS) is 1. The van der Waals surface area contributed by atoms with E-state index in [-0.39, 0.29) is 44.6 Å². The third-order valence-corrected chi connectivity index (χ3v) is 5.31. The Bertz CT molecular complexity index is 979. The number of hydrogen-bond acceptors (Lipinski definition) is 9. The third-order valence-electron chi connectivity index (χ3n) is 5.31. The molecule has 0 saturated carbocycles. The Morgan fingerprint density at radius 3 is 2.13 bits per heavy atom. The largest absolute Gasteiger partial charge is 0.480 e.